The van der Waals surface area contributed by atoms with Crippen molar-refractivity contribution in [2.24, 2.45) is 5.92 Å². The molecular weight excluding hydrogens is 481 g/mol. The average Bonchev–Trinajstić information content (AvgIpc) is 3.53. The number of hydrogen-bond acceptors (Lipinski definition) is 7. The third kappa shape index (κ3) is 6.55. The number of carbonyl (C=O) groups is 1. The highest BCUT2D eigenvalue weighted by atomic mass is 32.1. The molecule has 1 atom stereocenters. The number of aromatic nitrogens is 3. The van der Waals surface area contributed by atoms with Gasteiger partial charge in [-0.25, -0.2) is 15.0 Å². The molecule has 1 aliphatic heterocycles. The van der Waals surface area contributed by atoms with Gasteiger partial charge in [0.2, 0.25) is 5.82 Å². The normalized spacial score (nSPS) is 16.0. The summed E-state index contributed by atoms with van der Waals surface area (Å²) in [7, 11) is 0. The number of rotatable bonds is 8. The maximum Gasteiger partial charge on any atom is 0.451 e. The minimum absolute atomic E-state index is 0.0223. The van der Waals surface area contributed by atoms with Crippen molar-refractivity contribution in [2.45, 2.75) is 38.9 Å². The molecule has 1 N–H and O–H groups in total. The highest BCUT2D eigenvalue weighted by Gasteiger charge is 2.34. The minimum Gasteiger partial charge on any atom is -0.493 e. The second-order valence-electron chi connectivity index (χ2n) is 8.60. The number of thiazole rings is 1. The smallest absolute Gasteiger partial charge is 0.451 e. The fraction of sp³-hybridized carbons (Fsp3) is 0.417. The van der Waals surface area contributed by atoms with Crippen LogP contribution >= 0.6 is 11.3 Å². The zero-order valence-electron chi connectivity index (χ0n) is 19.3. The van der Waals surface area contributed by atoms with Gasteiger partial charge in [-0.1, -0.05) is 13.8 Å². The van der Waals surface area contributed by atoms with E-state index in [1.165, 1.54) is 0 Å². The lowest BCUT2D eigenvalue weighted by Crippen LogP contribution is -2.23. The topological polar surface area (TPSA) is 86.2 Å². The summed E-state index contributed by atoms with van der Waals surface area (Å²) in [6, 6.07) is 5.24. The molecule has 0 radical (unpaired) electrons. The lowest BCUT2D eigenvalue weighted by molar-refractivity contribution is -0.145. The molecule has 3 aromatic rings. The first-order chi connectivity index (χ1) is 16.7. The van der Waals surface area contributed by atoms with Crippen LogP contribution in [0.1, 0.15) is 52.8 Å². The Morgan fingerprint density at radius 2 is 1.97 bits per heavy atom. The molecule has 11 heteroatoms. The fourth-order valence-electron chi connectivity index (χ4n) is 3.43. The van der Waals surface area contributed by atoms with E-state index in [0.717, 1.165) is 34.3 Å². The van der Waals surface area contributed by atoms with Crippen LogP contribution in [0.3, 0.4) is 0 Å². The number of nitrogens with zero attached hydrogens (tertiary/aromatic N) is 3. The highest BCUT2D eigenvalue weighted by Crippen LogP contribution is 2.33. The van der Waals surface area contributed by atoms with Crippen LogP contribution in [-0.2, 0) is 17.5 Å². The number of hydrogen-bond donors (Lipinski definition) is 1. The SMILES string of the molecule is CC(C)c1cnc(-c2cc(OCC3CCOC3)cc(C(=O)NCc3cnc(C(F)(F)F)nc3)c2)s1. The molecule has 1 aliphatic rings. The van der Waals surface area contributed by atoms with Crippen molar-refractivity contribution in [3.05, 3.63) is 58.6 Å². The summed E-state index contributed by atoms with van der Waals surface area (Å²) < 4.78 is 49.4. The van der Waals surface area contributed by atoms with Crippen molar-refractivity contribution in [3.63, 3.8) is 0 Å². The molecule has 0 spiro atoms. The standard InChI is InChI=1S/C24H25F3N4O3S/c1-14(2)20-11-29-22(35-20)18-5-17(6-19(7-18)34-13-15-3-4-33-12-15)21(32)28-8-16-9-30-23(31-10-16)24(25,26)27/h5-7,9-11,14-15H,3-4,8,12-13H2,1-2H3,(H,28,32). The van der Waals surface area contributed by atoms with Gasteiger partial charge in [-0.2, -0.15) is 13.2 Å². The molecule has 35 heavy (non-hydrogen) atoms. The van der Waals surface area contributed by atoms with Gasteiger partial charge in [0.25, 0.3) is 5.91 Å². The summed E-state index contributed by atoms with van der Waals surface area (Å²) in [5, 5.41) is 3.48. The number of nitrogens with one attached hydrogen (secondary N) is 1. The van der Waals surface area contributed by atoms with E-state index in [4.69, 9.17) is 9.47 Å². The molecule has 1 amide bonds. The molecule has 1 fully saturated rings. The van der Waals surface area contributed by atoms with Gasteiger partial charge in [-0.05, 0) is 30.5 Å². The van der Waals surface area contributed by atoms with Crippen LogP contribution < -0.4 is 10.1 Å². The molecule has 1 saturated heterocycles. The second-order valence-corrected chi connectivity index (χ2v) is 9.67. The van der Waals surface area contributed by atoms with E-state index in [-0.39, 0.29) is 6.54 Å². The molecular formula is C24H25F3N4O3S. The maximum atomic E-state index is 12.9. The molecule has 0 saturated carbocycles. The molecule has 1 unspecified atom stereocenters. The van der Waals surface area contributed by atoms with Gasteiger partial charge < -0.3 is 14.8 Å². The van der Waals surface area contributed by atoms with Gasteiger partial charge in [0.1, 0.15) is 10.8 Å². The van der Waals surface area contributed by atoms with E-state index in [2.05, 4.69) is 34.1 Å². The predicted molar refractivity (Wildman–Crippen MR) is 124 cm³/mol. The number of benzene rings is 1. The molecule has 7 nitrogen and oxygen atoms in total. The van der Waals surface area contributed by atoms with E-state index in [9.17, 15) is 18.0 Å². The van der Waals surface area contributed by atoms with Crippen molar-refractivity contribution in [1.82, 2.24) is 20.3 Å². The fourth-order valence-corrected chi connectivity index (χ4v) is 4.34. The van der Waals surface area contributed by atoms with Crippen LogP contribution in [-0.4, -0.2) is 40.7 Å². The Morgan fingerprint density at radius 3 is 2.60 bits per heavy atom. The van der Waals surface area contributed by atoms with Gasteiger partial charge in [0.15, 0.2) is 0 Å². The van der Waals surface area contributed by atoms with Crippen molar-refractivity contribution >= 4 is 17.2 Å². The summed E-state index contributed by atoms with van der Waals surface area (Å²) in [5.41, 5.74) is 1.46. The first-order valence-electron chi connectivity index (χ1n) is 11.2. The average molecular weight is 507 g/mol. The van der Waals surface area contributed by atoms with Gasteiger partial charge in [0.05, 0.1) is 13.2 Å². The van der Waals surface area contributed by atoms with Crippen molar-refractivity contribution in [1.29, 1.82) is 0 Å². The largest absolute Gasteiger partial charge is 0.493 e. The number of carbonyl (C=O) groups excluding carboxylic acids is 1. The van der Waals surface area contributed by atoms with Crippen molar-refractivity contribution in [3.8, 4) is 16.3 Å². The van der Waals surface area contributed by atoms with Crippen LogP contribution in [0.5, 0.6) is 5.75 Å². The van der Waals surface area contributed by atoms with E-state index >= 15 is 0 Å². The number of ether oxygens (including phenoxy) is 2. The van der Waals surface area contributed by atoms with Gasteiger partial charge in [0, 0.05) is 59.2 Å². The Morgan fingerprint density at radius 1 is 1.20 bits per heavy atom. The monoisotopic (exact) mass is 506 g/mol. The van der Waals surface area contributed by atoms with E-state index in [1.807, 2.05) is 12.3 Å². The predicted octanol–water partition coefficient (Wildman–Crippen LogP) is 5.09. The van der Waals surface area contributed by atoms with Crippen molar-refractivity contribution < 1.29 is 27.4 Å². The molecule has 186 valence electrons. The third-order valence-electron chi connectivity index (χ3n) is 5.43. The summed E-state index contributed by atoms with van der Waals surface area (Å²) in [6.07, 6.45) is 0.237. The summed E-state index contributed by atoms with van der Waals surface area (Å²) >= 11 is 1.55. The molecule has 3 heterocycles. The number of amides is 1. The second kappa shape index (κ2) is 10.7. The van der Waals surface area contributed by atoms with E-state index in [1.54, 1.807) is 23.5 Å². The minimum atomic E-state index is -4.62. The lowest BCUT2D eigenvalue weighted by atomic mass is 10.1. The first kappa shape index (κ1) is 25.1. The Hall–Kier alpha value is -3.05. The summed E-state index contributed by atoms with van der Waals surface area (Å²) in [4.78, 5) is 25.2. The van der Waals surface area contributed by atoms with Crippen molar-refractivity contribution in [2.75, 3.05) is 19.8 Å². The molecule has 0 bridgehead atoms. The van der Waals surface area contributed by atoms with Crippen LogP contribution in [0.4, 0.5) is 13.2 Å². The van der Waals surface area contributed by atoms with E-state index < -0.39 is 17.9 Å². The van der Waals surface area contributed by atoms with Crippen LogP contribution in [0.15, 0.2) is 36.8 Å². The Bertz CT molecular complexity index is 1160. The molecule has 4 rings (SSSR count). The van der Waals surface area contributed by atoms with Gasteiger partial charge >= 0.3 is 6.18 Å². The number of halogens is 3. The Kier molecular flexibility index (Phi) is 7.66. The Labute approximate surface area is 204 Å². The molecule has 0 aliphatic carbocycles. The first-order valence-corrected chi connectivity index (χ1v) is 12.0. The van der Waals surface area contributed by atoms with Gasteiger partial charge in [-0.3, -0.25) is 4.79 Å². The zero-order chi connectivity index (χ0) is 25.0. The maximum absolute atomic E-state index is 12.9. The molecule has 2 aromatic heterocycles. The zero-order valence-corrected chi connectivity index (χ0v) is 20.1. The van der Waals surface area contributed by atoms with Crippen LogP contribution in [0.2, 0.25) is 0 Å². The highest BCUT2D eigenvalue weighted by molar-refractivity contribution is 7.15. The van der Waals surface area contributed by atoms with Crippen LogP contribution in [0.25, 0.3) is 10.6 Å². The molecule has 1 aromatic carbocycles. The summed E-state index contributed by atoms with van der Waals surface area (Å²) in [5.74, 6) is -0.459. The Balaban J connectivity index is 1.52. The third-order valence-corrected chi connectivity index (χ3v) is 6.78. The summed E-state index contributed by atoms with van der Waals surface area (Å²) in [6.45, 7) is 5.99. The quantitative estimate of drug-likeness (QED) is 0.458. The van der Waals surface area contributed by atoms with Crippen LogP contribution in [0, 0.1) is 5.92 Å². The lowest BCUT2D eigenvalue weighted by Gasteiger charge is -2.13. The van der Waals surface area contributed by atoms with Gasteiger partial charge in [-0.15, -0.1) is 11.3 Å². The van der Waals surface area contributed by atoms with E-state index in [0.29, 0.717) is 48.5 Å². The number of alkyl halides is 3.